The van der Waals surface area contributed by atoms with Gasteiger partial charge in [-0.1, -0.05) is 41.6 Å². The van der Waals surface area contributed by atoms with Crippen LogP contribution in [-0.2, 0) is 24.2 Å². The molecule has 0 saturated heterocycles. The third-order valence-corrected chi connectivity index (χ3v) is 5.57. The molecule has 2 aromatic carbocycles. The van der Waals surface area contributed by atoms with E-state index in [-0.39, 0.29) is 5.91 Å². The van der Waals surface area contributed by atoms with Gasteiger partial charge in [0.25, 0.3) is 0 Å². The number of nitrogens with one attached hydrogen (secondary N) is 1. The van der Waals surface area contributed by atoms with E-state index in [4.69, 9.17) is 5.73 Å². The molecule has 0 fully saturated rings. The zero-order valence-electron chi connectivity index (χ0n) is 16.5. The van der Waals surface area contributed by atoms with Crippen LogP contribution in [0.1, 0.15) is 17.7 Å². The van der Waals surface area contributed by atoms with Crippen LogP contribution in [0.15, 0.2) is 71.6 Å². The van der Waals surface area contributed by atoms with Gasteiger partial charge in [0, 0.05) is 25.6 Å². The van der Waals surface area contributed by atoms with Crippen molar-refractivity contribution in [1.82, 2.24) is 15.0 Å². The number of hydrogen-bond donors (Lipinski definition) is 2. The van der Waals surface area contributed by atoms with Crippen molar-refractivity contribution in [3.05, 3.63) is 82.8 Å². The first-order valence-electron chi connectivity index (χ1n) is 9.82. The summed E-state index contributed by atoms with van der Waals surface area (Å²) in [5, 5.41) is 15.5. The van der Waals surface area contributed by atoms with Crippen LogP contribution in [0.4, 0.5) is 11.4 Å². The fourth-order valence-corrected chi connectivity index (χ4v) is 3.87. The van der Waals surface area contributed by atoms with Crippen molar-refractivity contribution in [2.45, 2.75) is 25.8 Å². The van der Waals surface area contributed by atoms with Gasteiger partial charge in [-0.25, -0.2) is 0 Å². The lowest BCUT2D eigenvalue weighted by atomic mass is 10.0. The molecule has 0 spiro atoms. The molecule has 0 aliphatic carbocycles. The highest BCUT2D eigenvalue weighted by Crippen LogP contribution is 2.27. The molecule has 152 valence electrons. The van der Waals surface area contributed by atoms with Gasteiger partial charge in [0.1, 0.15) is 0 Å². The Balaban J connectivity index is 1.32. The summed E-state index contributed by atoms with van der Waals surface area (Å²) in [5.74, 6) is -0.0975. The minimum atomic E-state index is -0.0975. The van der Waals surface area contributed by atoms with Crippen molar-refractivity contribution in [1.29, 1.82) is 0 Å². The standard InChI is InChI=1S/C23H23N5OS/c24-21-8-6-19(18-4-2-1-3-5-18)14-22(21)25-23(29)9-7-20-15-28(27-26-20)12-10-17-11-13-30-16-17/h1-6,8,11,13-16H,7,9-10,12,24H2,(H,25,29). The number of thiophene rings is 1. The van der Waals surface area contributed by atoms with Gasteiger partial charge in [0.15, 0.2) is 0 Å². The number of nitrogen functional groups attached to an aromatic ring is 1. The maximum Gasteiger partial charge on any atom is 0.224 e. The van der Waals surface area contributed by atoms with Crippen molar-refractivity contribution < 1.29 is 4.79 Å². The SMILES string of the molecule is Nc1ccc(-c2ccccc2)cc1NC(=O)CCc1cn(CCc2ccsc2)nn1. The predicted octanol–water partition coefficient (Wildman–Crippen LogP) is 4.40. The number of anilines is 2. The Morgan fingerprint density at radius 2 is 1.93 bits per heavy atom. The molecule has 0 unspecified atom stereocenters. The normalized spacial score (nSPS) is 10.8. The first kappa shape index (κ1) is 19.8. The lowest BCUT2D eigenvalue weighted by molar-refractivity contribution is -0.116. The lowest BCUT2D eigenvalue weighted by Gasteiger charge is -2.10. The second-order valence-corrected chi connectivity index (χ2v) is 7.85. The summed E-state index contributed by atoms with van der Waals surface area (Å²) in [6, 6.07) is 17.8. The number of benzene rings is 2. The summed E-state index contributed by atoms with van der Waals surface area (Å²) in [6.45, 7) is 0.777. The number of carbonyl (C=O) groups is 1. The number of carbonyl (C=O) groups excluding carboxylic acids is 1. The second kappa shape index (κ2) is 9.37. The van der Waals surface area contributed by atoms with E-state index >= 15 is 0 Å². The van der Waals surface area contributed by atoms with Gasteiger partial charge >= 0.3 is 0 Å². The largest absolute Gasteiger partial charge is 0.397 e. The number of nitrogens with zero attached hydrogens (tertiary/aromatic N) is 3. The van der Waals surface area contributed by atoms with Crippen LogP contribution < -0.4 is 11.1 Å². The Labute approximate surface area is 179 Å². The maximum atomic E-state index is 12.5. The predicted molar refractivity (Wildman–Crippen MR) is 121 cm³/mol. The molecule has 7 heteroatoms. The molecule has 4 rings (SSSR count). The molecular formula is C23H23N5OS. The Hall–Kier alpha value is -3.45. The van der Waals surface area contributed by atoms with E-state index < -0.39 is 0 Å². The number of aromatic nitrogens is 3. The second-order valence-electron chi connectivity index (χ2n) is 7.07. The third-order valence-electron chi connectivity index (χ3n) is 4.84. The summed E-state index contributed by atoms with van der Waals surface area (Å²) >= 11 is 1.69. The van der Waals surface area contributed by atoms with Gasteiger partial charge in [0.2, 0.25) is 5.91 Å². The fraction of sp³-hybridized carbons (Fsp3) is 0.174. The average Bonchev–Trinajstić information content (AvgIpc) is 3.45. The molecule has 0 aliphatic heterocycles. The van der Waals surface area contributed by atoms with E-state index in [0.29, 0.717) is 24.2 Å². The van der Waals surface area contributed by atoms with E-state index in [1.807, 2.05) is 59.4 Å². The first-order valence-corrected chi connectivity index (χ1v) is 10.8. The van der Waals surface area contributed by atoms with Gasteiger partial charge in [0.05, 0.1) is 17.1 Å². The quantitative estimate of drug-likeness (QED) is 0.416. The molecule has 0 saturated carbocycles. The molecule has 2 aromatic heterocycles. The smallest absolute Gasteiger partial charge is 0.224 e. The molecule has 3 N–H and O–H groups in total. The van der Waals surface area contributed by atoms with Gasteiger partial charge in [-0.2, -0.15) is 11.3 Å². The molecular weight excluding hydrogens is 394 g/mol. The van der Waals surface area contributed by atoms with Crippen LogP contribution in [0.3, 0.4) is 0 Å². The highest BCUT2D eigenvalue weighted by atomic mass is 32.1. The monoisotopic (exact) mass is 417 g/mol. The third kappa shape index (κ3) is 5.12. The number of hydrogen-bond acceptors (Lipinski definition) is 5. The van der Waals surface area contributed by atoms with E-state index in [1.165, 1.54) is 5.56 Å². The van der Waals surface area contributed by atoms with Gasteiger partial charge in [-0.3, -0.25) is 9.48 Å². The Morgan fingerprint density at radius 3 is 2.73 bits per heavy atom. The highest BCUT2D eigenvalue weighted by Gasteiger charge is 2.09. The number of aryl methyl sites for hydroxylation is 3. The number of rotatable bonds is 8. The summed E-state index contributed by atoms with van der Waals surface area (Å²) in [4.78, 5) is 12.5. The van der Waals surface area contributed by atoms with Crippen molar-refractivity contribution >= 4 is 28.6 Å². The number of amides is 1. The topological polar surface area (TPSA) is 85.8 Å². The number of nitrogens with two attached hydrogens (primary N) is 1. The summed E-state index contributed by atoms with van der Waals surface area (Å²) < 4.78 is 1.83. The van der Waals surface area contributed by atoms with Crippen LogP contribution in [-0.4, -0.2) is 20.9 Å². The average molecular weight is 418 g/mol. The van der Waals surface area contributed by atoms with Crippen LogP contribution in [0, 0.1) is 0 Å². The molecule has 1 amide bonds. The molecule has 6 nitrogen and oxygen atoms in total. The maximum absolute atomic E-state index is 12.5. The van der Waals surface area contributed by atoms with Crippen LogP contribution in [0.5, 0.6) is 0 Å². The van der Waals surface area contributed by atoms with Crippen molar-refractivity contribution in [3.63, 3.8) is 0 Å². The van der Waals surface area contributed by atoms with E-state index in [0.717, 1.165) is 29.8 Å². The van der Waals surface area contributed by atoms with Crippen molar-refractivity contribution in [3.8, 4) is 11.1 Å². The zero-order valence-corrected chi connectivity index (χ0v) is 17.3. The molecule has 0 atom stereocenters. The summed E-state index contributed by atoms with van der Waals surface area (Å²) in [5.41, 5.74) is 11.4. The van der Waals surface area contributed by atoms with Crippen LogP contribution >= 0.6 is 11.3 Å². The van der Waals surface area contributed by atoms with Gasteiger partial charge < -0.3 is 11.1 Å². The molecule has 0 bridgehead atoms. The molecule has 0 aliphatic rings. The van der Waals surface area contributed by atoms with Crippen LogP contribution in [0.25, 0.3) is 11.1 Å². The first-order chi connectivity index (χ1) is 14.7. The Bertz CT molecular complexity index is 1110. The minimum Gasteiger partial charge on any atom is -0.397 e. The Kier molecular flexibility index (Phi) is 6.20. The van der Waals surface area contributed by atoms with E-state index in [9.17, 15) is 4.79 Å². The zero-order chi connectivity index (χ0) is 20.8. The van der Waals surface area contributed by atoms with Crippen LogP contribution in [0.2, 0.25) is 0 Å². The molecule has 0 radical (unpaired) electrons. The lowest BCUT2D eigenvalue weighted by Crippen LogP contribution is -2.13. The van der Waals surface area contributed by atoms with Crippen molar-refractivity contribution in [2.24, 2.45) is 0 Å². The van der Waals surface area contributed by atoms with E-state index in [2.05, 4.69) is 32.5 Å². The van der Waals surface area contributed by atoms with E-state index in [1.54, 1.807) is 11.3 Å². The van der Waals surface area contributed by atoms with Gasteiger partial charge in [-0.05, 0) is 52.1 Å². The highest BCUT2D eigenvalue weighted by molar-refractivity contribution is 7.07. The summed E-state index contributed by atoms with van der Waals surface area (Å²) in [6.07, 6.45) is 3.68. The molecule has 30 heavy (non-hydrogen) atoms. The summed E-state index contributed by atoms with van der Waals surface area (Å²) in [7, 11) is 0. The minimum absolute atomic E-state index is 0.0975. The fourth-order valence-electron chi connectivity index (χ4n) is 3.17. The molecule has 2 heterocycles. The molecule has 4 aromatic rings. The van der Waals surface area contributed by atoms with Gasteiger partial charge in [-0.15, -0.1) is 5.10 Å². The Morgan fingerprint density at radius 1 is 1.07 bits per heavy atom. The van der Waals surface area contributed by atoms with Crippen molar-refractivity contribution in [2.75, 3.05) is 11.1 Å².